The van der Waals surface area contributed by atoms with Gasteiger partial charge in [-0.3, -0.25) is 4.79 Å². The van der Waals surface area contributed by atoms with E-state index in [9.17, 15) is 4.79 Å². The third kappa shape index (κ3) is 3.57. The fourth-order valence-electron chi connectivity index (χ4n) is 1.49. The van der Waals surface area contributed by atoms with Gasteiger partial charge < -0.3 is 5.32 Å². The van der Waals surface area contributed by atoms with Crippen LogP contribution in [0.2, 0.25) is 0 Å². The molecule has 0 atom stereocenters. The molecule has 0 unspecified atom stereocenters. The van der Waals surface area contributed by atoms with Crippen LogP contribution in [0.5, 0.6) is 0 Å². The van der Waals surface area contributed by atoms with Crippen molar-refractivity contribution >= 4 is 27.4 Å². The molecule has 18 heavy (non-hydrogen) atoms. The van der Waals surface area contributed by atoms with Crippen molar-refractivity contribution in [2.45, 2.75) is 0 Å². The van der Waals surface area contributed by atoms with Crippen LogP contribution in [0.4, 0.5) is 5.69 Å². The standard InChI is InChI=1S/C15H12BrNO/c16-13-6-4-5-12(11-13)15(18)9-10-17-14-7-2-1-3-8-14/h1-11,17H/b10-9+. The van der Waals surface area contributed by atoms with Crippen molar-refractivity contribution < 1.29 is 4.79 Å². The number of carbonyl (C=O) groups is 1. The highest BCUT2D eigenvalue weighted by atomic mass is 79.9. The highest BCUT2D eigenvalue weighted by Gasteiger charge is 2.01. The summed E-state index contributed by atoms with van der Waals surface area (Å²) in [5, 5.41) is 3.05. The van der Waals surface area contributed by atoms with Gasteiger partial charge in [-0.1, -0.05) is 46.3 Å². The highest BCUT2D eigenvalue weighted by Crippen LogP contribution is 2.12. The molecule has 0 amide bonds. The molecule has 2 aromatic carbocycles. The maximum Gasteiger partial charge on any atom is 0.187 e. The Balaban J connectivity index is 1.99. The second kappa shape index (κ2) is 6.17. The van der Waals surface area contributed by atoms with Crippen LogP contribution in [-0.2, 0) is 0 Å². The Bertz CT molecular complexity index is 564. The van der Waals surface area contributed by atoms with Gasteiger partial charge in [-0.15, -0.1) is 0 Å². The summed E-state index contributed by atoms with van der Waals surface area (Å²) in [7, 11) is 0. The molecule has 0 aliphatic heterocycles. The van der Waals surface area contributed by atoms with Crippen LogP contribution in [0.15, 0.2) is 71.3 Å². The van der Waals surface area contributed by atoms with E-state index in [-0.39, 0.29) is 5.78 Å². The number of allylic oxidation sites excluding steroid dienone is 1. The molecule has 2 rings (SSSR count). The number of halogens is 1. The van der Waals surface area contributed by atoms with Crippen molar-refractivity contribution in [1.82, 2.24) is 0 Å². The van der Waals surface area contributed by atoms with Gasteiger partial charge in [-0.05, 0) is 24.3 Å². The summed E-state index contributed by atoms with van der Waals surface area (Å²) < 4.78 is 0.901. The largest absolute Gasteiger partial charge is 0.362 e. The van der Waals surface area contributed by atoms with Crippen molar-refractivity contribution in [3.63, 3.8) is 0 Å². The number of ketones is 1. The first-order valence-electron chi connectivity index (χ1n) is 5.54. The molecular formula is C15H12BrNO. The van der Waals surface area contributed by atoms with Crippen molar-refractivity contribution in [1.29, 1.82) is 0 Å². The molecule has 0 saturated carbocycles. The third-order valence-electron chi connectivity index (χ3n) is 2.37. The quantitative estimate of drug-likeness (QED) is 0.675. The lowest BCUT2D eigenvalue weighted by molar-refractivity contribution is 0.104. The van der Waals surface area contributed by atoms with Crippen LogP contribution in [-0.4, -0.2) is 5.78 Å². The minimum Gasteiger partial charge on any atom is -0.362 e. The summed E-state index contributed by atoms with van der Waals surface area (Å²) in [6, 6.07) is 17.0. The van der Waals surface area contributed by atoms with Crippen LogP contribution in [0, 0.1) is 0 Å². The number of benzene rings is 2. The van der Waals surface area contributed by atoms with E-state index in [1.54, 1.807) is 18.3 Å². The summed E-state index contributed by atoms with van der Waals surface area (Å²) in [6.07, 6.45) is 3.17. The minimum atomic E-state index is -0.0280. The molecule has 0 aromatic heterocycles. The number of anilines is 1. The molecule has 0 spiro atoms. The highest BCUT2D eigenvalue weighted by molar-refractivity contribution is 9.10. The van der Waals surface area contributed by atoms with Gasteiger partial charge in [0, 0.05) is 28.0 Å². The van der Waals surface area contributed by atoms with Gasteiger partial charge in [0.25, 0.3) is 0 Å². The van der Waals surface area contributed by atoms with Crippen LogP contribution in [0.25, 0.3) is 0 Å². The zero-order valence-electron chi connectivity index (χ0n) is 9.64. The summed E-state index contributed by atoms with van der Waals surface area (Å²) in [5.41, 5.74) is 1.62. The van der Waals surface area contributed by atoms with Gasteiger partial charge in [0.15, 0.2) is 5.78 Å². The van der Waals surface area contributed by atoms with Gasteiger partial charge in [0.2, 0.25) is 0 Å². The molecule has 3 heteroatoms. The molecule has 0 saturated heterocycles. The van der Waals surface area contributed by atoms with Crippen molar-refractivity contribution in [3.8, 4) is 0 Å². The summed E-state index contributed by atoms with van der Waals surface area (Å²) in [6.45, 7) is 0. The number of carbonyl (C=O) groups excluding carboxylic acids is 1. The first-order chi connectivity index (χ1) is 8.75. The number of hydrogen-bond acceptors (Lipinski definition) is 2. The number of hydrogen-bond donors (Lipinski definition) is 1. The van der Waals surface area contributed by atoms with Crippen LogP contribution < -0.4 is 5.32 Å². The smallest absolute Gasteiger partial charge is 0.187 e. The second-order valence-electron chi connectivity index (χ2n) is 3.72. The zero-order valence-corrected chi connectivity index (χ0v) is 11.2. The predicted octanol–water partition coefficient (Wildman–Crippen LogP) is 4.26. The molecule has 90 valence electrons. The van der Waals surface area contributed by atoms with E-state index in [1.807, 2.05) is 42.5 Å². The summed E-state index contributed by atoms with van der Waals surface area (Å²) >= 11 is 3.34. The Kier molecular flexibility index (Phi) is 4.31. The molecular weight excluding hydrogens is 290 g/mol. The monoisotopic (exact) mass is 301 g/mol. The predicted molar refractivity (Wildman–Crippen MR) is 77.7 cm³/mol. The van der Waals surface area contributed by atoms with E-state index in [4.69, 9.17) is 0 Å². The fraction of sp³-hybridized carbons (Fsp3) is 0. The molecule has 0 fully saturated rings. The maximum atomic E-state index is 11.8. The van der Waals surface area contributed by atoms with E-state index >= 15 is 0 Å². The molecule has 0 radical (unpaired) electrons. The lowest BCUT2D eigenvalue weighted by atomic mass is 10.1. The lowest BCUT2D eigenvalue weighted by Crippen LogP contribution is -1.96. The molecule has 0 aliphatic carbocycles. The van der Waals surface area contributed by atoms with Gasteiger partial charge in [0.05, 0.1) is 0 Å². The Morgan fingerprint density at radius 1 is 1.06 bits per heavy atom. The van der Waals surface area contributed by atoms with E-state index in [0.717, 1.165) is 10.2 Å². The van der Waals surface area contributed by atoms with Gasteiger partial charge in [0.1, 0.15) is 0 Å². The second-order valence-corrected chi connectivity index (χ2v) is 4.63. The third-order valence-corrected chi connectivity index (χ3v) is 2.86. The number of para-hydroxylation sites is 1. The Labute approximate surface area is 114 Å². The first kappa shape index (κ1) is 12.6. The van der Waals surface area contributed by atoms with Crippen molar-refractivity contribution in [2.24, 2.45) is 0 Å². The van der Waals surface area contributed by atoms with Gasteiger partial charge >= 0.3 is 0 Å². The fourth-order valence-corrected chi connectivity index (χ4v) is 1.89. The first-order valence-corrected chi connectivity index (χ1v) is 6.33. The van der Waals surface area contributed by atoms with Crippen LogP contribution >= 0.6 is 15.9 Å². The van der Waals surface area contributed by atoms with Gasteiger partial charge in [-0.25, -0.2) is 0 Å². The van der Waals surface area contributed by atoms with Crippen LogP contribution in [0.1, 0.15) is 10.4 Å². The Morgan fingerprint density at radius 3 is 2.56 bits per heavy atom. The summed E-state index contributed by atoms with van der Waals surface area (Å²) in [5.74, 6) is -0.0280. The molecule has 0 aliphatic rings. The molecule has 2 nitrogen and oxygen atoms in total. The molecule has 0 heterocycles. The number of rotatable bonds is 4. The zero-order chi connectivity index (χ0) is 12.8. The van der Waals surface area contributed by atoms with E-state index in [0.29, 0.717) is 5.56 Å². The van der Waals surface area contributed by atoms with Gasteiger partial charge in [-0.2, -0.15) is 0 Å². The number of nitrogens with one attached hydrogen (secondary N) is 1. The average Bonchev–Trinajstić information content (AvgIpc) is 2.40. The molecule has 1 N–H and O–H groups in total. The summed E-state index contributed by atoms with van der Waals surface area (Å²) in [4.78, 5) is 11.8. The van der Waals surface area contributed by atoms with E-state index < -0.39 is 0 Å². The molecule has 0 bridgehead atoms. The maximum absolute atomic E-state index is 11.8. The average molecular weight is 302 g/mol. The SMILES string of the molecule is O=C(/C=C/Nc1ccccc1)c1cccc(Br)c1. The van der Waals surface area contributed by atoms with E-state index in [1.165, 1.54) is 6.08 Å². The lowest BCUT2D eigenvalue weighted by Gasteiger charge is -1.99. The van der Waals surface area contributed by atoms with E-state index in [2.05, 4.69) is 21.2 Å². The topological polar surface area (TPSA) is 29.1 Å². The Hall–Kier alpha value is -1.87. The van der Waals surface area contributed by atoms with Crippen LogP contribution in [0.3, 0.4) is 0 Å². The van der Waals surface area contributed by atoms with Crippen molar-refractivity contribution in [3.05, 3.63) is 76.9 Å². The minimum absolute atomic E-state index is 0.0280. The normalized spacial score (nSPS) is 10.5. The Morgan fingerprint density at radius 2 is 1.83 bits per heavy atom. The molecule has 2 aromatic rings. The van der Waals surface area contributed by atoms with Crippen molar-refractivity contribution in [2.75, 3.05) is 5.32 Å².